The van der Waals surface area contributed by atoms with Crippen molar-refractivity contribution in [3.63, 3.8) is 0 Å². The minimum atomic E-state index is -5.08. The van der Waals surface area contributed by atoms with Crippen molar-refractivity contribution in [2.24, 2.45) is 5.92 Å². The van der Waals surface area contributed by atoms with Gasteiger partial charge in [-0.25, -0.2) is 4.79 Å². The fourth-order valence-corrected chi connectivity index (χ4v) is 3.36. The van der Waals surface area contributed by atoms with Gasteiger partial charge in [-0.2, -0.15) is 13.2 Å². The zero-order chi connectivity index (χ0) is 21.4. The SMILES string of the molecule is COCCNC(=O)[C@H]1C[C@@H]2CCN(c3ccccc3)C[C@H]2O1.O=C(O)C(F)(F)F. The van der Waals surface area contributed by atoms with Crippen LogP contribution in [0.2, 0.25) is 0 Å². The molecule has 29 heavy (non-hydrogen) atoms. The van der Waals surface area contributed by atoms with Gasteiger partial charge in [0.25, 0.3) is 0 Å². The Bertz CT molecular complexity index is 672. The van der Waals surface area contributed by atoms with Gasteiger partial charge in [-0.3, -0.25) is 4.79 Å². The summed E-state index contributed by atoms with van der Waals surface area (Å²) in [6.45, 7) is 2.98. The van der Waals surface area contributed by atoms with E-state index in [9.17, 15) is 18.0 Å². The number of anilines is 1. The molecule has 3 atom stereocenters. The Hall–Kier alpha value is -2.33. The van der Waals surface area contributed by atoms with Crippen LogP contribution in [-0.2, 0) is 19.1 Å². The predicted molar refractivity (Wildman–Crippen MR) is 98.6 cm³/mol. The molecule has 0 unspecified atom stereocenters. The molecule has 10 heteroatoms. The number of methoxy groups -OCH3 is 1. The number of hydrogen-bond acceptors (Lipinski definition) is 5. The summed E-state index contributed by atoms with van der Waals surface area (Å²) in [4.78, 5) is 23.4. The maximum atomic E-state index is 12.1. The third-order valence-electron chi connectivity index (χ3n) is 4.81. The predicted octanol–water partition coefficient (Wildman–Crippen LogP) is 2.07. The quantitative estimate of drug-likeness (QED) is 0.712. The standard InChI is InChI=1S/C17H24N2O3.C2HF3O2/c1-21-10-8-18-17(20)15-11-13-7-9-19(12-16(13)22-15)14-5-3-2-4-6-14;3-2(4,5)1(6)7/h2-6,13,15-16H,7-12H2,1H3,(H,18,20);(H,6,7)/t13-,15+,16+;/m0./s1. The zero-order valence-electron chi connectivity index (χ0n) is 16.0. The number of amides is 1. The monoisotopic (exact) mass is 418 g/mol. The van der Waals surface area contributed by atoms with E-state index < -0.39 is 12.1 Å². The van der Waals surface area contributed by atoms with Crippen molar-refractivity contribution in [2.45, 2.75) is 31.2 Å². The molecule has 7 nitrogen and oxygen atoms in total. The lowest BCUT2D eigenvalue weighted by Crippen LogP contribution is -2.42. The van der Waals surface area contributed by atoms with Gasteiger partial charge in [0.1, 0.15) is 6.10 Å². The van der Waals surface area contributed by atoms with Crippen LogP contribution >= 0.6 is 0 Å². The van der Waals surface area contributed by atoms with Gasteiger partial charge in [-0.05, 0) is 30.9 Å². The third-order valence-corrected chi connectivity index (χ3v) is 4.81. The molecule has 1 aromatic rings. The summed E-state index contributed by atoms with van der Waals surface area (Å²) < 4.78 is 42.7. The number of aliphatic carboxylic acids is 1. The number of fused-ring (bicyclic) bond motifs is 1. The van der Waals surface area contributed by atoms with Crippen LogP contribution in [0.5, 0.6) is 0 Å². The summed E-state index contributed by atoms with van der Waals surface area (Å²) in [5, 5.41) is 10.0. The van der Waals surface area contributed by atoms with Crippen LogP contribution in [0.15, 0.2) is 30.3 Å². The fraction of sp³-hybridized carbons (Fsp3) is 0.579. The minimum absolute atomic E-state index is 0.00212. The molecule has 0 aliphatic carbocycles. The number of piperidine rings is 1. The molecule has 0 radical (unpaired) electrons. The molecule has 2 N–H and O–H groups in total. The maximum Gasteiger partial charge on any atom is 0.490 e. The number of hydrogen-bond donors (Lipinski definition) is 2. The highest BCUT2D eigenvalue weighted by Crippen LogP contribution is 2.34. The molecule has 1 amide bonds. The molecule has 3 rings (SSSR count). The highest BCUT2D eigenvalue weighted by Gasteiger charge is 2.41. The Morgan fingerprint density at radius 3 is 2.55 bits per heavy atom. The van der Waals surface area contributed by atoms with Crippen LogP contribution < -0.4 is 10.2 Å². The van der Waals surface area contributed by atoms with Crippen LogP contribution in [0.4, 0.5) is 18.9 Å². The molecule has 2 aliphatic rings. The number of alkyl halides is 3. The smallest absolute Gasteiger partial charge is 0.475 e. The molecule has 1 aromatic carbocycles. The molecule has 0 bridgehead atoms. The van der Waals surface area contributed by atoms with Crippen molar-refractivity contribution in [3.05, 3.63) is 30.3 Å². The molecule has 2 heterocycles. The third kappa shape index (κ3) is 6.90. The van der Waals surface area contributed by atoms with Crippen molar-refractivity contribution in [3.8, 4) is 0 Å². The summed E-state index contributed by atoms with van der Waals surface area (Å²) >= 11 is 0. The number of para-hydroxylation sites is 1. The van der Waals surface area contributed by atoms with E-state index in [2.05, 4.69) is 34.5 Å². The summed E-state index contributed by atoms with van der Waals surface area (Å²) in [5.41, 5.74) is 1.23. The van der Waals surface area contributed by atoms with E-state index >= 15 is 0 Å². The summed E-state index contributed by atoms with van der Waals surface area (Å²) in [6, 6.07) is 10.4. The van der Waals surface area contributed by atoms with E-state index in [0.29, 0.717) is 19.1 Å². The van der Waals surface area contributed by atoms with Gasteiger partial charge in [-0.15, -0.1) is 0 Å². The second-order valence-electron chi connectivity index (χ2n) is 6.82. The van der Waals surface area contributed by atoms with Crippen molar-refractivity contribution < 1.29 is 37.3 Å². The van der Waals surface area contributed by atoms with Crippen LogP contribution in [0.1, 0.15) is 12.8 Å². The Labute approximate surface area is 166 Å². The fourth-order valence-electron chi connectivity index (χ4n) is 3.36. The first-order valence-corrected chi connectivity index (χ1v) is 9.24. The second-order valence-corrected chi connectivity index (χ2v) is 6.82. The minimum Gasteiger partial charge on any atom is -0.475 e. The van der Waals surface area contributed by atoms with E-state index in [1.807, 2.05) is 6.07 Å². The Morgan fingerprint density at radius 1 is 1.31 bits per heavy atom. The number of carboxylic acids is 1. The molecule has 0 saturated carbocycles. The van der Waals surface area contributed by atoms with Crippen molar-refractivity contribution in [1.29, 1.82) is 0 Å². The summed E-state index contributed by atoms with van der Waals surface area (Å²) in [6.07, 6.45) is -3.30. The molecule has 0 spiro atoms. The second kappa shape index (κ2) is 10.4. The number of rotatable bonds is 5. The largest absolute Gasteiger partial charge is 0.490 e. The average molecular weight is 418 g/mol. The number of carboxylic acid groups (broad SMARTS) is 1. The van der Waals surface area contributed by atoms with Crippen LogP contribution in [0, 0.1) is 5.92 Å². The molecule has 2 fully saturated rings. The number of nitrogens with zero attached hydrogens (tertiary/aromatic N) is 1. The van der Waals surface area contributed by atoms with Gasteiger partial charge in [0, 0.05) is 32.4 Å². The van der Waals surface area contributed by atoms with Crippen molar-refractivity contribution in [2.75, 3.05) is 38.3 Å². The first kappa shape index (κ1) is 23.0. The Morgan fingerprint density at radius 2 is 1.97 bits per heavy atom. The van der Waals surface area contributed by atoms with E-state index in [1.165, 1.54) is 5.69 Å². The van der Waals surface area contributed by atoms with E-state index in [1.54, 1.807) is 7.11 Å². The summed E-state index contributed by atoms with van der Waals surface area (Å²) in [5.74, 6) is -2.26. The number of nitrogens with one attached hydrogen (secondary N) is 1. The van der Waals surface area contributed by atoms with Crippen LogP contribution in [-0.4, -0.2) is 68.7 Å². The van der Waals surface area contributed by atoms with E-state index in [4.69, 9.17) is 19.4 Å². The van der Waals surface area contributed by atoms with Gasteiger partial charge < -0.3 is 24.8 Å². The van der Waals surface area contributed by atoms with Gasteiger partial charge in [0.15, 0.2) is 0 Å². The van der Waals surface area contributed by atoms with Gasteiger partial charge in [-0.1, -0.05) is 18.2 Å². The number of halogens is 3. The maximum absolute atomic E-state index is 12.1. The van der Waals surface area contributed by atoms with E-state index in [0.717, 1.165) is 25.9 Å². The summed E-state index contributed by atoms with van der Waals surface area (Å²) in [7, 11) is 1.63. The topological polar surface area (TPSA) is 88.1 Å². The first-order valence-electron chi connectivity index (χ1n) is 9.24. The lowest BCUT2D eigenvalue weighted by Gasteiger charge is -2.35. The number of ether oxygens (including phenoxy) is 2. The normalized spacial score (nSPS) is 23.6. The Balaban J connectivity index is 0.000000370. The van der Waals surface area contributed by atoms with Crippen LogP contribution in [0.25, 0.3) is 0 Å². The molecule has 2 aliphatic heterocycles. The van der Waals surface area contributed by atoms with Crippen LogP contribution in [0.3, 0.4) is 0 Å². The molecular formula is C19H25F3N2O5. The van der Waals surface area contributed by atoms with Gasteiger partial charge in [0.05, 0.1) is 12.7 Å². The Kier molecular flexibility index (Phi) is 8.27. The molecule has 162 valence electrons. The average Bonchev–Trinajstić information content (AvgIpc) is 3.12. The number of carbonyl (C=O) groups excluding carboxylic acids is 1. The lowest BCUT2D eigenvalue weighted by atomic mass is 9.91. The van der Waals surface area contributed by atoms with Crippen molar-refractivity contribution >= 4 is 17.6 Å². The molecule has 2 saturated heterocycles. The lowest BCUT2D eigenvalue weighted by molar-refractivity contribution is -0.192. The van der Waals surface area contributed by atoms with E-state index in [-0.39, 0.29) is 18.1 Å². The van der Waals surface area contributed by atoms with Crippen molar-refractivity contribution in [1.82, 2.24) is 5.32 Å². The molecule has 0 aromatic heterocycles. The number of benzene rings is 1. The van der Waals surface area contributed by atoms with Gasteiger partial charge >= 0.3 is 12.1 Å². The highest BCUT2D eigenvalue weighted by atomic mass is 19.4. The zero-order valence-corrected chi connectivity index (χ0v) is 16.0. The highest BCUT2D eigenvalue weighted by molar-refractivity contribution is 5.81. The number of carbonyl (C=O) groups is 2. The molecular weight excluding hydrogens is 393 g/mol. The first-order chi connectivity index (χ1) is 13.7. The van der Waals surface area contributed by atoms with Gasteiger partial charge in [0.2, 0.25) is 5.91 Å².